The van der Waals surface area contributed by atoms with Crippen LogP contribution in [0.4, 0.5) is 0 Å². The maximum Gasteiger partial charge on any atom is 0.206 e. The SMILES string of the molecule is CC(C)(c1ccccc1)[Si](Cl)(c1ccccc1)C(C)(C)c1ccccc1. The summed E-state index contributed by atoms with van der Waals surface area (Å²) >= 11 is 7.86. The molecule has 0 aliphatic rings. The number of benzene rings is 3. The highest BCUT2D eigenvalue weighted by atomic mass is 35.6. The van der Waals surface area contributed by atoms with Crippen molar-refractivity contribution in [3.8, 4) is 0 Å². The highest BCUT2D eigenvalue weighted by Crippen LogP contribution is 2.47. The molecule has 0 fully saturated rings. The van der Waals surface area contributed by atoms with Crippen molar-refractivity contribution < 1.29 is 0 Å². The van der Waals surface area contributed by atoms with E-state index in [9.17, 15) is 0 Å². The Labute approximate surface area is 163 Å². The van der Waals surface area contributed by atoms with Crippen molar-refractivity contribution in [2.45, 2.75) is 37.8 Å². The number of hydrogen-bond acceptors (Lipinski definition) is 0. The molecule has 3 rings (SSSR count). The summed E-state index contributed by atoms with van der Waals surface area (Å²) in [5.41, 5.74) is 2.60. The summed E-state index contributed by atoms with van der Waals surface area (Å²) < 4.78 is 0. The first-order valence-corrected chi connectivity index (χ1v) is 12.2. The van der Waals surface area contributed by atoms with Crippen molar-refractivity contribution in [3.63, 3.8) is 0 Å². The fraction of sp³-hybridized carbons (Fsp3) is 0.250. The van der Waals surface area contributed by atoms with Crippen LogP contribution in [0.3, 0.4) is 0 Å². The lowest BCUT2D eigenvalue weighted by Crippen LogP contribution is -2.68. The van der Waals surface area contributed by atoms with E-state index in [4.69, 9.17) is 11.1 Å². The van der Waals surface area contributed by atoms with Gasteiger partial charge < -0.3 is 0 Å². The third-order valence-electron chi connectivity index (χ3n) is 5.88. The van der Waals surface area contributed by atoms with Crippen molar-refractivity contribution in [2.75, 3.05) is 0 Å². The molecule has 26 heavy (non-hydrogen) atoms. The van der Waals surface area contributed by atoms with Gasteiger partial charge >= 0.3 is 0 Å². The molecular formula is C24H27ClSi. The summed E-state index contributed by atoms with van der Waals surface area (Å²) in [6.45, 7) is 9.27. The van der Waals surface area contributed by atoms with Gasteiger partial charge in [-0.25, -0.2) is 0 Å². The van der Waals surface area contributed by atoms with Crippen molar-refractivity contribution in [1.29, 1.82) is 0 Å². The lowest BCUT2D eigenvalue weighted by Gasteiger charge is -2.51. The van der Waals surface area contributed by atoms with Gasteiger partial charge in [-0.1, -0.05) is 119 Å². The molecule has 0 radical (unpaired) electrons. The van der Waals surface area contributed by atoms with E-state index in [0.717, 1.165) is 0 Å². The second-order valence-corrected chi connectivity index (χ2v) is 14.1. The Bertz CT molecular complexity index is 788. The van der Waals surface area contributed by atoms with Crippen LogP contribution >= 0.6 is 11.1 Å². The Morgan fingerprint density at radius 3 is 1.19 bits per heavy atom. The van der Waals surface area contributed by atoms with Gasteiger partial charge in [0, 0.05) is 10.1 Å². The molecule has 134 valence electrons. The quantitative estimate of drug-likeness (QED) is 0.371. The topological polar surface area (TPSA) is 0 Å². The van der Waals surface area contributed by atoms with E-state index in [0.29, 0.717) is 0 Å². The van der Waals surface area contributed by atoms with E-state index >= 15 is 0 Å². The summed E-state index contributed by atoms with van der Waals surface area (Å²) in [6.07, 6.45) is 0. The van der Waals surface area contributed by atoms with E-state index in [1.807, 2.05) is 0 Å². The number of rotatable bonds is 5. The molecule has 0 aliphatic carbocycles. The van der Waals surface area contributed by atoms with Crippen molar-refractivity contribution in [3.05, 3.63) is 102 Å². The van der Waals surface area contributed by atoms with Gasteiger partial charge in [0.1, 0.15) is 0 Å². The Balaban J connectivity index is 2.28. The molecule has 0 amide bonds. The summed E-state index contributed by atoms with van der Waals surface area (Å²) in [5.74, 6) is 0. The average molecular weight is 379 g/mol. The Morgan fingerprint density at radius 1 is 0.538 bits per heavy atom. The van der Waals surface area contributed by atoms with Crippen LogP contribution in [0.5, 0.6) is 0 Å². The highest BCUT2D eigenvalue weighted by Gasteiger charge is 2.58. The Hall–Kier alpha value is -1.83. The third kappa shape index (κ3) is 2.94. The van der Waals surface area contributed by atoms with Crippen molar-refractivity contribution in [1.82, 2.24) is 0 Å². The molecule has 3 aromatic rings. The van der Waals surface area contributed by atoms with Crippen LogP contribution in [0.2, 0.25) is 0 Å². The maximum atomic E-state index is 7.86. The highest BCUT2D eigenvalue weighted by molar-refractivity contribution is 7.30. The zero-order valence-corrected chi connectivity index (χ0v) is 17.8. The van der Waals surface area contributed by atoms with E-state index in [2.05, 4.69) is 119 Å². The van der Waals surface area contributed by atoms with Crippen LogP contribution in [0.1, 0.15) is 38.8 Å². The summed E-state index contributed by atoms with van der Waals surface area (Å²) in [5, 5.41) is 0.969. The molecule has 0 aromatic heterocycles. The number of hydrogen-bond donors (Lipinski definition) is 0. The van der Waals surface area contributed by atoms with Crippen LogP contribution in [-0.2, 0) is 10.1 Å². The summed E-state index contributed by atoms with van der Waals surface area (Å²) in [6, 6.07) is 32.2. The van der Waals surface area contributed by atoms with Gasteiger partial charge in [0.25, 0.3) is 0 Å². The predicted molar refractivity (Wildman–Crippen MR) is 117 cm³/mol. The second kappa shape index (κ2) is 7.06. The standard InChI is InChI=1S/C24H27ClSi/c1-23(2,20-14-8-5-9-15-20)26(25,22-18-12-7-13-19-22)24(3,4)21-16-10-6-11-17-21/h5-19H,1-4H3. The van der Waals surface area contributed by atoms with Crippen LogP contribution < -0.4 is 5.19 Å². The first-order chi connectivity index (χ1) is 12.3. The first-order valence-electron chi connectivity index (χ1n) is 9.17. The van der Waals surface area contributed by atoms with Gasteiger partial charge in [-0.05, 0) is 16.3 Å². The Kier molecular flexibility index (Phi) is 5.14. The molecule has 0 nitrogen and oxygen atoms in total. The third-order valence-corrected chi connectivity index (χ3v) is 14.5. The molecule has 0 unspecified atom stereocenters. The van der Waals surface area contributed by atoms with Crippen LogP contribution in [-0.4, -0.2) is 7.38 Å². The molecule has 0 spiro atoms. The fourth-order valence-electron chi connectivity index (χ4n) is 4.28. The lowest BCUT2D eigenvalue weighted by molar-refractivity contribution is 0.638. The number of halogens is 1. The Morgan fingerprint density at radius 2 is 0.846 bits per heavy atom. The van der Waals surface area contributed by atoms with Crippen molar-refractivity contribution >= 4 is 23.6 Å². The molecule has 0 saturated heterocycles. The minimum atomic E-state index is -2.59. The van der Waals surface area contributed by atoms with Crippen molar-refractivity contribution in [2.24, 2.45) is 0 Å². The molecule has 2 heteroatoms. The summed E-state index contributed by atoms with van der Waals surface area (Å²) in [7, 11) is -2.59. The normalized spacial score (nSPS) is 12.8. The van der Waals surface area contributed by atoms with Gasteiger partial charge in [-0.3, -0.25) is 0 Å². The minimum Gasteiger partial charge on any atom is -0.159 e. The average Bonchev–Trinajstić information content (AvgIpc) is 2.69. The molecule has 0 saturated carbocycles. The van der Waals surface area contributed by atoms with E-state index in [-0.39, 0.29) is 10.1 Å². The van der Waals surface area contributed by atoms with Gasteiger partial charge in [0.2, 0.25) is 7.38 Å². The van der Waals surface area contributed by atoms with Crippen LogP contribution in [0.25, 0.3) is 0 Å². The zero-order chi connectivity index (χ0) is 18.8. The zero-order valence-electron chi connectivity index (χ0n) is 16.0. The lowest BCUT2D eigenvalue weighted by atomic mass is 10.0. The largest absolute Gasteiger partial charge is 0.206 e. The predicted octanol–water partition coefficient (Wildman–Crippen LogP) is 6.11. The molecule has 0 aliphatic heterocycles. The molecule has 0 atom stereocenters. The molecule has 0 N–H and O–H groups in total. The van der Waals surface area contributed by atoms with E-state index in [1.165, 1.54) is 16.3 Å². The molecule has 0 bridgehead atoms. The molecular weight excluding hydrogens is 352 g/mol. The van der Waals surface area contributed by atoms with Gasteiger partial charge in [0.05, 0.1) is 0 Å². The molecule has 3 aromatic carbocycles. The smallest absolute Gasteiger partial charge is 0.159 e. The first kappa shape index (κ1) is 18.9. The van der Waals surface area contributed by atoms with Gasteiger partial charge in [0.15, 0.2) is 0 Å². The van der Waals surface area contributed by atoms with Gasteiger partial charge in [-0.2, -0.15) is 11.1 Å². The minimum absolute atomic E-state index is 0.156. The molecule has 0 heterocycles. The summed E-state index contributed by atoms with van der Waals surface area (Å²) in [4.78, 5) is 0. The maximum absolute atomic E-state index is 7.86. The van der Waals surface area contributed by atoms with Crippen LogP contribution in [0.15, 0.2) is 91.0 Å². The van der Waals surface area contributed by atoms with E-state index < -0.39 is 7.38 Å². The monoisotopic (exact) mass is 378 g/mol. The fourth-order valence-corrected chi connectivity index (χ4v) is 10.1. The van der Waals surface area contributed by atoms with Crippen LogP contribution in [0, 0.1) is 0 Å². The van der Waals surface area contributed by atoms with E-state index in [1.54, 1.807) is 0 Å². The second-order valence-electron chi connectivity index (χ2n) is 8.01. The van der Waals surface area contributed by atoms with Gasteiger partial charge in [-0.15, -0.1) is 0 Å².